The van der Waals surface area contributed by atoms with E-state index in [-0.39, 0.29) is 10.8 Å². The van der Waals surface area contributed by atoms with Gasteiger partial charge >= 0.3 is 0 Å². The molecule has 7 nitrogen and oxygen atoms in total. The van der Waals surface area contributed by atoms with E-state index >= 15 is 0 Å². The average molecular weight is 453 g/mol. The molecule has 3 aromatic rings. The predicted octanol–water partition coefficient (Wildman–Crippen LogP) is 3.84. The number of amides is 1. The molecule has 0 fully saturated rings. The van der Waals surface area contributed by atoms with Crippen LogP contribution in [0, 0.1) is 6.92 Å². The highest BCUT2D eigenvalue weighted by Crippen LogP contribution is 2.32. The number of aryl methyl sites for hydroxylation is 1. The normalized spacial score (nSPS) is 12.8. The van der Waals surface area contributed by atoms with Crippen molar-refractivity contribution >= 4 is 21.6 Å². The minimum atomic E-state index is -3.87. The fourth-order valence-corrected chi connectivity index (χ4v) is 4.44. The highest BCUT2D eigenvalue weighted by molar-refractivity contribution is 7.92. The number of nitrogens with one attached hydrogen (secondary N) is 1. The van der Waals surface area contributed by atoms with Gasteiger partial charge in [-0.3, -0.25) is 9.52 Å². The molecule has 8 heteroatoms. The predicted molar refractivity (Wildman–Crippen MR) is 122 cm³/mol. The molecular formula is C24H24N2O5S. The SMILES string of the molecule is Cc1ccc(CN(C)C(=O)c2cccc(NS(=O)(=O)c3ccc4c(c3)OCCO4)c2)cc1. The molecule has 1 aliphatic heterocycles. The van der Waals surface area contributed by atoms with Crippen molar-refractivity contribution in [1.29, 1.82) is 0 Å². The van der Waals surface area contributed by atoms with E-state index in [0.717, 1.165) is 11.1 Å². The van der Waals surface area contributed by atoms with Gasteiger partial charge in [0.25, 0.3) is 15.9 Å². The Hall–Kier alpha value is -3.52. The Morgan fingerprint density at radius 2 is 1.69 bits per heavy atom. The zero-order valence-electron chi connectivity index (χ0n) is 17.9. The van der Waals surface area contributed by atoms with Crippen LogP contribution in [-0.2, 0) is 16.6 Å². The van der Waals surface area contributed by atoms with E-state index in [2.05, 4.69) is 4.72 Å². The summed E-state index contributed by atoms with van der Waals surface area (Å²) in [6.07, 6.45) is 0. The fourth-order valence-electron chi connectivity index (χ4n) is 3.38. The van der Waals surface area contributed by atoms with Gasteiger partial charge in [-0.15, -0.1) is 0 Å². The van der Waals surface area contributed by atoms with Crippen molar-refractivity contribution in [3.8, 4) is 11.5 Å². The second kappa shape index (κ2) is 8.92. The topological polar surface area (TPSA) is 84.9 Å². The van der Waals surface area contributed by atoms with Gasteiger partial charge in [-0.1, -0.05) is 35.9 Å². The van der Waals surface area contributed by atoms with Gasteiger partial charge in [-0.2, -0.15) is 0 Å². The van der Waals surface area contributed by atoms with Crippen molar-refractivity contribution in [1.82, 2.24) is 4.90 Å². The molecule has 32 heavy (non-hydrogen) atoms. The molecule has 1 aliphatic rings. The van der Waals surface area contributed by atoms with E-state index in [1.54, 1.807) is 36.2 Å². The second-order valence-corrected chi connectivity index (χ2v) is 9.32. The Morgan fingerprint density at radius 3 is 2.44 bits per heavy atom. The van der Waals surface area contributed by atoms with Crippen molar-refractivity contribution in [2.24, 2.45) is 0 Å². The maximum absolute atomic E-state index is 12.9. The van der Waals surface area contributed by atoms with Gasteiger partial charge in [0, 0.05) is 30.9 Å². The number of carbonyl (C=O) groups excluding carboxylic acids is 1. The molecule has 0 unspecified atom stereocenters. The van der Waals surface area contributed by atoms with Crippen LogP contribution in [0.2, 0.25) is 0 Å². The third-order valence-electron chi connectivity index (χ3n) is 5.07. The zero-order chi connectivity index (χ0) is 22.7. The van der Waals surface area contributed by atoms with Crippen LogP contribution < -0.4 is 14.2 Å². The lowest BCUT2D eigenvalue weighted by Gasteiger charge is -2.19. The lowest BCUT2D eigenvalue weighted by Crippen LogP contribution is -2.26. The summed E-state index contributed by atoms with van der Waals surface area (Å²) in [7, 11) is -2.16. The van der Waals surface area contributed by atoms with E-state index in [1.807, 2.05) is 31.2 Å². The lowest BCUT2D eigenvalue weighted by molar-refractivity contribution is 0.0785. The number of sulfonamides is 1. The number of hydrogen-bond donors (Lipinski definition) is 1. The van der Waals surface area contributed by atoms with Crippen LogP contribution in [0.5, 0.6) is 11.5 Å². The van der Waals surface area contributed by atoms with E-state index in [9.17, 15) is 13.2 Å². The Bertz CT molecular complexity index is 1240. The van der Waals surface area contributed by atoms with E-state index < -0.39 is 10.0 Å². The molecule has 0 saturated carbocycles. The van der Waals surface area contributed by atoms with Gasteiger partial charge in [0.1, 0.15) is 13.2 Å². The van der Waals surface area contributed by atoms with Gasteiger partial charge in [-0.05, 0) is 42.8 Å². The molecule has 0 spiro atoms. The van der Waals surface area contributed by atoms with Crippen LogP contribution in [0.4, 0.5) is 5.69 Å². The van der Waals surface area contributed by atoms with Gasteiger partial charge in [0.05, 0.1) is 4.90 Å². The molecule has 0 radical (unpaired) electrons. The summed E-state index contributed by atoms with van der Waals surface area (Å²) in [5, 5.41) is 0. The smallest absolute Gasteiger partial charge is 0.262 e. The number of carbonyl (C=O) groups is 1. The summed E-state index contributed by atoms with van der Waals surface area (Å²) < 4.78 is 39.2. The van der Waals surface area contributed by atoms with E-state index in [4.69, 9.17) is 9.47 Å². The van der Waals surface area contributed by atoms with Crippen LogP contribution in [0.25, 0.3) is 0 Å². The first-order valence-corrected chi connectivity index (χ1v) is 11.6. The number of hydrogen-bond acceptors (Lipinski definition) is 5. The summed E-state index contributed by atoms with van der Waals surface area (Å²) in [6.45, 7) is 3.25. The largest absolute Gasteiger partial charge is 0.486 e. The quantitative estimate of drug-likeness (QED) is 0.614. The number of fused-ring (bicyclic) bond motifs is 1. The maximum Gasteiger partial charge on any atom is 0.262 e. The number of ether oxygens (including phenoxy) is 2. The number of rotatable bonds is 6. The van der Waals surface area contributed by atoms with Crippen LogP contribution >= 0.6 is 0 Å². The molecule has 0 bridgehead atoms. The lowest BCUT2D eigenvalue weighted by atomic mass is 10.1. The first kappa shape index (κ1) is 21.7. The first-order valence-electron chi connectivity index (χ1n) is 10.2. The fraction of sp³-hybridized carbons (Fsp3) is 0.208. The standard InChI is InChI=1S/C24H24N2O5S/c1-17-6-8-18(9-7-17)16-26(2)24(27)19-4-3-5-20(14-19)25-32(28,29)21-10-11-22-23(15-21)31-13-12-30-22/h3-11,14-15,25H,12-13,16H2,1-2H3. The van der Waals surface area contributed by atoms with Crippen LogP contribution in [0.1, 0.15) is 21.5 Å². The Morgan fingerprint density at radius 1 is 0.969 bits per heavy atom. The summed E-state index contributed by atoms with van der Waals surface area (Å²) in [6, 6.07) is 18.9. The van der Waals surface area contributed by atoms with Crippen molar-refractivity contribution < 1.29 is 22.7 Å². The molecule has 3 aromatic carbocycles. The minimum absolute atomic E-state index is 0.0509. The van der Waals surface area contributed by atoms with Crippen molar-refractivity contribution in [2.45, 2.75) is 18.4 Å². The molecule has 0 saturated heterocycles. The monoisotopic (exact) mass is 452 g/mol. The van der Waals surface area contributed by atoms with Gasteiger partial charge in [0.2, 0.25) is 0 Å². The molecule has 1 N–H and O–H groups in total. The van der Waals surface area contributed by atoms with Crippen molar-refractivity contribution in [2.75, 3.05) is 25.0 Å². The summed E-state index contributed by atoms with van der Waals surface area (Å²) in [5.74, 6) is 0.700. The van der Waals surface area contributed by atoms with Gasteiger partial charge in [-0.25, -0.2) is 8.42 Å². The molecule has 1 heterocycles. The third-order valence-corrected chi connectivity index (χ3v) is 6.45. The summed E-state index contributed by atoms with van der Waals surface area (Å²) in [5.41, 5.74) is 2.86. The van der Waals surface area contributed by atoms with Crippen molar-refractivity contribution in [3.05, 3.63) is 83.4 Å². The minimum Gasteiger partial charge on any atom is -0.486 e. The number of nitrogens with zero attached hydrogens (tertiary/aromatic N) is 1. The van der Waals surface area contributed by atoms with Crippen LogP contribution in [0.15, 0.2) is 71.6 Å². The molecule has 0 atom stereocenters. The Balaban J connectivity index is 1.49. The number of benzene rings is 3. The maximum atomic E-state index is 12.9. The first-order chi connectivity index (χ1) is 15.3. The van der Waals surface area contributed by atoms with E-state index in [0.29, 0.717) is 42.5 Å². The third kappa shape index (κ3) is 4.86. The molecule has 166 valence electrons. The van der Waals surface area contributed by atoms with E-state index in [1.165, 1.54) is 18.2 Å². The Labute approximate surface area is 187 Å². The molecule has 0 aromatic heterocycles. The highest BCUT2D eigenvalue weighted by Gasteiger charge is 2.20. The van der Waals surface area contributed by atoms with Gasteiger partial charge < -0.3 is 14.4 Å². The van der Waals surface area contributed by atoms with Crippen molar-refractivity contribution in [3.63, 3.8) is 0 Å². The van der Waals surface area contributed by atoms with Crippen LogP contribution in [-0.4, -0.2) is 39.5 Å². The molecule has 4 rings (SSSR count). The average Bonchev–Trinajstić information content (AvgIpc) is 2.79. The molecule has 1 amide bonds. The summed E-state index contributed by atoms with van der Waals surface area (Å²) in [4.78, 5) is 14.5. The number of anilines is 1. The van der Waals surface area contributed by atoms with Crippen LogP contribution in [0.3, 0.4) is 0 Å². The second-order valence-electron chi connectivity index (χ2n) is 7.64. The molecule has 0 aliphatic carbocycles. The summed E-state index contributed by atoms with van der Waals surface area (Å²) >= 11 is 0. The highest BCUT2D eigenvalue weighted by atomic mass is 32.2. The zero-order valence-corrected chi connectivity index (χ0v) is 18.7. The van der Waals surface area contributed by atoms with Gasteiger partial charge in [0.15, 0.2) is 11.5 Å². The Kier molecular flexibility index (Phi) is 6.05. The molecular weight excluding hydrogens is 428 g/mol.